The maximum atomic E-state index is 13.3. The molecule has 9 heteroatoms. The lowest BCUT2D eigenvalue weighted by molar-refractivity contribution is -0.118. The molecule has 0 bridgehead atoms. The molecule has 2 aromatic carbocycles. The summed E-state index contributed by atoms with van der Waals surface area (Å²) < 4.78 is 27.5. The molecular weight excluding hydrogens is 432 g/mol. The number of carbonyl (C=O) groups is 1. The highest BCUT2D eigenvalue weighted by Gasteiger charge is 2.39. The zero-order valence-corrected chi connectivity index (χ0v) is 18.6. The first-order chi connectivity index (χ1) is 14.9. The van der Waals surface area contributed by atoms with Crippen molar-refractivity contribution in [2.45, 2.75) is 30.7 Å². The SMILES string of the molecule is Cc1cccc2c1N([C@@H]1CCN(c3ccc(S(=O)(=O)Nc4nccs4)cc3)C1=O)CC2. The summed E-state index contributed by atoms with van der Waals surface area (Å²) in [7, 11) is -3.71. The maximum Gasteiger partial charge on any atom is 0.263 e. The van der Waals surface area contributed by atoms with Crippen molar-refractivity contribution in [3.63, 3.8) is 0 Å². The predicted molar refractivity (Wildman–Crippen MR) is 122 cm³/mol. The number of anilines is 3. The van der Waals surface area contributed by atoms with Crippen LogP contribution in [-0.4, -0.2) is 38.4 Å². The van der Waals surface area contributed by atoms with Crippen molar-refractivity contribution in [2.75, 3.05) is 27.6 Å². The number of para-hydroxylation sites is 1. The van der Waals surface area contributed by atoms with Crippen LogP contribution in [0.2, 0.25) is 0 Å². The Morgan fingerprint density at radius 3 is 2.68 bits per heavy atom. The van der Waals surface area contributed by atoms with Crippen molar-refractivity contribution in [2.24, 2.45) is 0 Å². The summed E-state index contributed by atoms with van der Waals surface area (Å²) in [6.07, 6.45) is 3.25. The fraction of sp³-hybridized carbons (Fsp3) is 0.273. The Balaban J connectivity index is 1.34. The van der Waals surface area contributed by atoms with Gasteiger partial charge in [-0.15, -0.1) is 11.3 Å². The molecule has 0 saturated carbocycles. The minimum Gasteiger partial charge on any atom is -0.359 e. The fourth-order valence-corrected chi connectivity index (χ4v) is 6.25. The normalized spacial score (nSPS) is 18.5. The zero-order chi connectivity index (χ0) is 21.6. The summed E-state index contributed by atoms with van der Waals surface area (Å²) in [6, 6.07) is 12.6. The van der Waals surface area contributed by atoms with E-state index in [-0.39, 0.29) is 16.8 Å². The molecule has 3 aromatic rings. The van der Waals surface area contributed by atoms with Crippen LogP contribution in [0.1, 0.15) is 17.5 Å². The van der Waals surface area contributed by atoms with E-state index >= 15 is 0 Å². The highest BCUT2D eigenvalue weighted by atomic mass is 32.2. The van der Waals surface area contributed by atoms with E-state index < -0.39 is 10.0 Å². The van der Waals surface area contributed by atoms with Gasteiger partial charge in [-0.1, -0.05) is 18.2 Å². The van der Waals surface area contributed by atoms with E-state index in [1.807, 2.05) is 0 Å². The summed E-state index contributed by atoms with van der Waals surface area (Å²) in [6.45, 7) is 3.56. The third-order valence-corrected chi connectivity index (χ3v) is 8.07. The molecule has 1 N–H and O–H groups in total. The molecule has 7 nitrogen and oxygen atoms in total. The number of benzene rings is 2. The Kier molecular flexibility index (Phi) is 4.94. The second-order valence-corrected chi connectivity index (χ2v) is 10.3. The van der Waals surface area contributed by atoms with Crippen LogP contribution in [0.25, 0.3) is 0 Å². The largest absolute Gasteiger partial charge is 0.359 e. The molecule has 1 aromatic heterocycles. The zero-order valence-electron chi connectivity index (χ0n) is 17.0. The Morgan fingerprint density at radius 2 is 1.94 bits per heavy atom. The quantitative estimate of drug-likeness (QED) is 0.639. The Labute approximate surface area is 185 Å². The first-order valence-electron chi connectivity index (χ1n) is 10.1. The van der Waals surface area contributed by atoms with Gasteiger partial charge in [0.05, 0.1) is 4.90 Å². The third kappa shape index (κ3) is 3.57. The van der Waals surface area contributed by atoms with E-state index in [2.05, 4.69) is 39.7 Å². The van der Waals surface area contributed by atoms with Crippen molar-refractivity contribution < 1.29 is 13.2 Å². The number of nitrogens with zero attached hydrogens (tertiary/aromatic N) is 3. The number of rotatable bonds is 5. The van der Waals surface area contributed by atoms with Crippen LogP contribution < -0.4 is 14.5 Å². The van der Waals surface area contributed by atoms with Gasteiger partial charge < -0.3 is 9.80 Å². The van der Waals surface area contributed by atoms with E-state index in [4.69, 9.17) is 0 Å². The number of sulfonamides is 1. The smallest absolute Gasteiger partial charge is 0.263 e. The minimum atomic E-state index is -3.71. The summed E-state index contributed by atoms with van der Waals surface area (Å²) in [5.74, 6) is 0.0626. The van der Waals surface area contributed by atoms with E-state index in [9.17, 15) is 13.2 Å². The first kappa shape index (κ1) is 20.0. The van der Waals surface area contributed by atoms with Gasteiger partial charge in [-0.3, -0.25) is 9.52 Å². The molecule has 3 heterocycles. The van der Waals surface area contributed by atoms with Crippen molar-refractivity contribution >= 4 is 43.8 Å². The molecule has 31 heavy (non-hydrogen) atoms. The number of amides is 1. The van der Waals surface area contributed by atoms with Gasteiger partial charge in [0.25, 0.3) is 10.0 Å². The standard InChI is InChI=1S/C22H22N4O3S2/c1-15-3-2-4-16-9-12-26(20(15)16)19-10-13-25(21(19)27)17-5-7-18(8-6-17)31(28,29)24-22-23-11-14-30-22/h2-8,11,14,19H,9-10,12-13H2,1H3,(H,23,24)/t19-/m1/s1. The molecule has 1 fully saturated rings. The number of hydrogen-bond donors (Lipinski definition) is 1. The van der Waals surface area contributed by atoms with E-state index in [0.717, 1.165) is 19.4 Å². The third-order valence-electron chi connectivity index (χ3n) is 5.90. The van der Waals surface area contributed by atoms with Crippen LogP contribution in [0.4, 0.5) is 16.5 Å². The van der Waals surface area contributed by atoms with Crippen molar-refractivity contribution in [3.8, 4) is 0 Å². The van der Waals surface area contributed by atoms with Crippen LogP contribution in [0, 0.1) is 6.92 Å². The number of aromatic nitrogens is 1. The van der Waals surface area contributed by atoms with Crippen LogP contribution in [0.5, 0.6) is 0 Å². The summed E-state index contributed by atoms with van der Waals surface area (Å²) in [5, 5.41) is 2.03. The van der Waals surface area contributed by atoms with Gasteiger partial charge >= 0.3 is 0 Å². The number of nitrogens with one attached hydrogen (secondary N) is 1. The first-order valence-corrected chi connectivity index (χ1v) is 12.5. The average Bonchev–Trinajstić information content (AvgIpc) is 3.48. The maximum absolute atomic E-state index is 13.3. The Morgan fingerprint density at radius 1 is 1.13 bits per heavy atom. The van der Waals surface area contributed by atoms with Gasteiger partial charge in [-0.25, -0.2) is 13.4 Å². The predicted octanol–water partition coefficient (Wildman–Crippen LogP) is 3.42. The van der Waals surface area contributed by atoms with Gasteiger partial charge in [0.2, 0.25) is 5.91 Å². The van der Waals surface area contributed by atoms with Crippen LogP contribution >= 0.6 is 11.3 Å². The molecule has 1 saturated heterocycles. The Hall–Kier alpha value is -2.91. The summed E-state index contributed by atoms with van der Waals surface area (Å²) in [4.78, 5) is 21.3. The number of hydrogen-bond acceptors (Lipinski definition) is 6. The highest BCUT2D eigenvalue weighted by Crippen LogP contribution is 2.36. The van der Waals surface area contributed by atoms with Crippen molar-refractivity contribution in [3.05, 3.63) is 65.2 Å². The lowest BCUT2D eigenvalue weighted by Gasteiger charge is -2.27. The molecule has 2 aliphatic rings. The molecule has 0 spiro atoms. The molecule has 1 atom stereocenters. The average molecular weight is 455 g/mol. The molecular formula is C22H22N4O3S2. The number of thiazole rings is 1. The number of aryl methyl sites for hydroxylation is 1. The monoisotopic (exact) mass is 454 g/mol. The van der Waals surface area contributed by atoms with Crippen LogP contribution in [0.15, 0.2) is 58.9 Å². The molecule has 0 radical (unpaired) electrons. The lowest BCUT2D eigenvalue weighted by atomic mass is 10.1. The summed E-state index contributed by atoms with van der Waals surface area (Å²) >= 11 is 1.22. The van der Waals surface area contributed by atoms with E-state index in [1.54, 1.807) is 28.6 Å². The van der Waals surface area contributed by atoms with Crippen LogP contribution in [-0.2, 0) is 21.2 Å². The summed E-state index contributed by atoms with van der Waals surface area (Å²) in [5.41, 5.74) is 4.40. The van der Waals surface area contributed by atoms with Crippen molar-refractivity contribution in [1.82, 2.24) is 4.98 Å². The number of carbonyl (C=O) groups excluding carboxylic acids is 1. The number of fused-ring (bicyclic) bond motifs is 1. The Bertz CT molecular complexity index is 1220. The fourth-order valence-electron chi connectivity index (χ4n) is 4.46. The van der Waals surface area contributed by atoms with E-state index in [1.165, 1.54) is 40.3 Å². The van der Waals surface area contributed by atoms with Gasteiger partial charge in [0.15, 0.2) is 5.13 Å². The van der Waals surface area contributed by atoms with Gasteiger partial charge in [-0.05, 0) is 55.2 Å². The molecule has 0 unspecified atom stereocenters. The second kappa shape index (κ2) is 7.65. The molecule has 1 amide bonds. The molecule has 160 valence electrons. The molecule has 5 rings (SSSR count). The van der Waals surface area contributed by atoms with Gasteiger partial charge in [0.1, 0.15) is 6.04 Å². The second-order valence-electron chi connectivity index (χ2n) is 7.76. The minimum absolute atomic E-state index is 0.0626. The lowest BCUT2D eigenvalue weighted by Crippen LogP contribution is -2.41. The van der Waals surface area contributed by atoms with Gasteiger partial charge in [-0.2, -0.15) is 0 Å². The molecule has 2 aliphatic heterocycles. The van der Waals surface area contributed by atoms with Crippen LogP contribution in [0.3, 0.4) is 0 Å². The highest BCUT2D eigenvalue weighted by molar-refractivity contribution is 7.93. The molecule has 0 aliphatic carbocycles. The van der Waals surface area contributed by atoms with Crippen molar-refractivity contribution in [1.29, 1.82) is 0 Å². The van der Waals surface area contributed by atoms with E-state index in [0.29, 0.717) is 17.4 Å². The topological polar surface area (TPSA) is 82.6 Å². The van der Waals surface area contributed by atoms with Gasteiger partial charge in [0, 0.05) is 36.0 Å².